The fourth-order valence-electron chi connectivity index (χ4n) is 0.500. The van der Waals surface area contributed by atoms with E-state index in [0.29, 0.717) is 0 Å². The number of hydrogen-bond donors (Lipinski definition) is 0. The van der Waals surface area contributed by atoms with Crippen LogP contribution in [-0.4, -0.2) is 28.4 Å². The van der Waals surface area contributed by atoms with Crippen LogP contribution in [0.2, 0.25) is 0 Å². The van der Waals surface area contributed by atoms with Crippen molar-refractivity contribution >= 4 is 24.8 Å². The summed E-state index contributed by atoms with van der Waals surface area (Å²) in [7, 11) is 6.04. The van der Waals surface area contributed by atoms with E-state index in [1.165, 1.54) is 28.4 Å². The van der Waals surface area contributed by atoms with E-state index in [4.69, 9.17) is 13.3 Å². The van der Waals surface area contributed by atoms with Gasteiger partial charge in [-0.1, -0.05) is 0 Å². The normalized spacial score (nSPS) is 9.82. The van der Waals surface area contributed by atoms with Crippen LogP contribution in [0, 0.1) is 0 Å². The topological polar surface area (TPSA) is 36.9 Å². The van der Waals surface area contributed by atoms with Gasteiger partial charge in [0.2, 0.25) is 0 Å². The van der Waals surface area contributed by atoms with Crippen LogP contribution in [0.1, 0.15) is 0 Å². The molecule has 72 valence electrons. The van der Waals surface area contributed by atoms with Crippen molar-refractivity contribution in [1.29, 1.82) is 0 Å². The molecule has 0 fully saturated rings. The maximum Gasteiger partial charge on any atom is -0.147 e. The van der Waals surface area contributed by atoms with E-state index in [2.05, 4.69) is 0 Å². The van der Waals surface area contributed by atoms with Crippen molar-refractivity contribution < 1.29 is 31.4 Å². The zero-order valence-electron chi connectivity index (χ0n) is 6.95. The smallest absolute Gasteiger partial charge is 0.147 e. The third-order valence-electron chi connectivity index (χ3n) is 1.00. The maximum atomic E-state index is 4.91. The Kier molecular flexibility index (Phi) is 15.1. The molecule has 0 radical (unpaired) electrons. The molecule has 0 aromatic rings. The second-order valence-electron chi connectivity index (χ2n) is 1.32. The summed E-state index contributed by atoms with van der Waals surface area (Å²) in [5.74, 6) is 0. The molecule has 0 aliphatic heterocycles. The van der Waals surface area contributed by atoms with Gasteiger partial charge in [-0.25, -0.2) is 0 Å². The summed E-state index contributed by atoms with van der Waals surface area (Å²) in [6.45, 7) is 0. The van der Waals surface area contributed by atoms with Gasteiger partial charge >= 0.3 is 59.9 Å². The third kappa shape index (κ3) is 5.39. The Hall–Kier alpha value is 1.13. The van der Waals surface area contributed by atoms with Crippen molar-refractivity contribution in [1.82, 2.24) is 0 Å². The van der Waals surface area contributed by atoms with Crippen LogP contribution >= 0.6 is 24.8 Å². The van der Waals surface area contributed by atoms with Crippen LogP contribution in [0.25, 0.3) is 0 Å². The fraction of sp³-hybridized carbons (Fsp3) is 1.00. The fourth-order valence-corrected chi connectivity index (χ4v) is 2.06. The van der Waals surface area contributed by atoms with Crippen LogP contribution in [0.4, 0.5) is 0 Å². The molecule has 0 aliphatic rings. The molecular formula is C4H14Cl2O4Ti. The molecule has 0 saturated carbocycles. The molecule has 0 saturated heterocycles. The Morgan fingerprint density at radius 2 is 0.818 bits per heavy atom. The van der Waals surface area contributed by atoms with Crippen molar-refractivity contribution in [2.45, 2.75) is 0 Å². The van der Waals surface area contributed by atoms with Gasteiger partial charge in [0.1, 0.15) is 0 Å². The first-order valence-electron chi connectivity index (χ1n) is 2.45. The molecule has 0 bridgehead atoms. The standard InChI is InChI=1S/4CH3O.2ClH.Ti/c4*1-2;;;/h4*1H3;2*1H;/q4*-1;;;+4. The summed E-state index contributed by atoms with van der Waals surface area (Å²) in [6, 6.07) is 0. The van der Waals surface area contributed by atoms with E-state index in [9.17, 15) is 0 Å². The number of hydrogen-bond acceptors (Lipinski definition) is 4. The van der Waals surface area contributed by atoms with Gasteiger partial charge in [-0.2, -0.15) is 0 Å². The molecule has 0 heterocycles. The second kappa shape index (κ2) is 9.22. The van der Waals surface area contributed by atoms with Gasteiger partial charge in [-0.3, -0.25) is 0 Å². The van der Waals surface area contributed by atoms with Crippen molar-refractivity contribution in [2.24, 2.45) is 0 Å². The van der Waals surface area contributed by atoms with Gasteiger partial charge in [0.05, 0.1) is 0 Å². The summed E-state index contributed by atoms with van der Waals surface area (Å²) in [6.07, 6.45) is 0. The Bertz CT molecular complexity index is 63.0. The Morgan fingerprint density at radius 3 is 0.818 bits per heavy atom. The van der Waals surface area contributed by atoms with E-state index in [1.807, 2.05) is 0 Å². The van der Waals surface area contributed by atoms with Crippen molar-refractivity contribution in [2.75, 3.05) is 28.4 Å². The predicted molar refractivity (Wildman–Crippen MR) is 42.5 cm³/mol. The molecule has 0 aromatic heterocycles. The van der Waals surface area contributed by atoms with E-state index < -0.39 is 18.1 Å². The van der Waals surface area contributed by atoms with Crippen LogP contribution in [0.3, 0.4) is 0 Å². The monoisotopic (exact) mass is 244 g/mol. The Balaban J connectivity index is -0.000000320. The van der Waals surface area contributed by atoms with Crippen LogP contribution < -0.4 is 0 Å². The summed E-state index contributed by atoms with van der Waals surface area (Å²) in [5.41, 5.74) is 0. The van der Waals surface area contributed by atoms with E-state index in [-0.39, 0.29) is 24.8 Å². The van der Waals surface area contributed by atoms with Gasteiger partial charge in [-0.05, 0) is 0 Å². The van der Waals surface area contributed by atoms with E-state index >= 15 is 0 Å². The predicted octanol–water partition coefficient (Wildman–Crippen LogP) is 1.23. The maximum absolute atomic E-state index is 4.91. The summed E-state index contributed by atoms with van der Waals surface area (Å²) in [4.78, 5) is 0. The van der Waals surface area contributed by atoms with E-state index in [1.54, 1.807) is 0 Å². The summed E-state index contributed by atoms with van der Waals surface area (Å²) >= 11 is -3.17. The zero-order chi connectivity index (χ0) is 7.33. The summed E-state index contributed by atoms with van der Waals surface area (Å²) < 4.78 is 19.6. The molecular weight excluding hydrogens is 231 g/mol. The zero-order valence-corrected chi connectivity index (χ0v) is 10.1. The van der Waals surface area contributed by atoms with Crippen LogP contribution in [-0.2, 0) is 31.4 Å². The van der Waals surface area contributed by atoms with Gasteiger partial charge in [0, 0.05) is 0 Å². The SMILES string of the molecule is C[O][Ti]([O]C)([O]C)[O]C.Cl.Cl. The van der Waals surface area contributed by atoms with Crippen molar-refractivity contribution in [3.05, 3.63) is 0 Å². The molecule has 4 nitrogen and oxygen atoms in total. The number of rotatable bonds is 4. The second-order valence-corrected chi connectivity index (χ2v) is 5.43. The number of halogens is 2. The molecule has 0 spiro atoms. The quantitative estimate of drug-likeness (QED) is 0.698. The Labute approximate surface area is 84.6 Å². The van der Waals surface area contributed by atoms with Gasteiger partial charge < -0.3 is 0 Å². The minimum atomic E-state index is -3.17. The van der Waals surface area contributed by atoms with Crippen LogP contribution in [0.5, 0.6) is 0 Å². The third-order valence-corrected chi connectivity index (χ3v) is 4.12. The molecule has 0 aromatic carbocycles. The molecule has 0 amide bonds. The molecule has 0 N–H and O–H groups in total. The first-order chi connectivity index (χ1) is 4.24. The van der Waals surface area contributed by atoms with Crippen molar-refractivity contribution in [3.63, 3.8) is 0 Å². The average Bonchev–Trinajstić information content (AvgIpc) is 1.95. The van der Waals surface area contributed by atoms with Gasteiger partial charge in [0.15, 0.2) is 0 Å². The molecule has 0 rings (SSSR count). The Morgan fingerprint density at radius 1 is 0.636 bits per heavy atom. The van der Waals surface area contributed by atoms with E-state index in [0.717, 1.165) is 0 Å². The molecule has 0 atom stereocenters. The van der Waals surface area contributed by atoms with Crippen molar-refractivity contribution in [3.8, 4) is 0 Å². The summed E-state index contributed by atoms with van der Waals surface area (Å²) in [5, 5.41) is 0. The molecule has 7 heteroatoms. The molecule has 0 unspecified atom stereocenters. The first-order valence-corrected chi connectivity index (χ1v) is 5.00. The molecule has 11 heavy (non-hydrogen) atoms. The molecule has 0 aliphatic carbocycles. The van der Waals surface area contributed by atoms with Crippen LogP contribution in [0.15, 0.2) is 0 Å². The van der Waals surface area contributed by atoms with Gasteiger partial charge in [-0.15, -0.1) is 24.8 Å². The van der Waals surface area contributed by atoms with Gasteiger partial charge in [0.25, 0.3) is 0 Å². The average molecular weight is 245 g/mol. The minimum Gasteiger partial charge on any atom is -0.147 e. The largest absolute Gasteiger partial charge is 0.147 e. The minimum absolute atomic E-state index is 0. The first kappa shape index (κ1) is 18.0.